The Hall–Kier alpha value is -1.56. The minimum atomic E-state index is -3.85. The van der Waals surface area contributed by atoms with Gasteiger partial charge in [0.15, 0.2) is 0 Å². The van der Waals surface area contributed by atoms with Crippen molar-refractivity contribution >= 4 is 39.1 Å². The van der Waals surface area contributed by atoms with Gasteiger partial charge in [-0.15, -0.1) is 0 Å². The smallest absolute Gasteiger partial charge is 0.266 e. The van der Waals surface area contributed by atoms with Crippen LogP contribution in [0.3, 0.4) is 0 Å². The van der Waals surface area contributed by atoms with E-state index in [1.165, 1.54) is 24.3 Å². The normalized spacial score (nSPS) is 18.4. The Labute approximate surface area is 144 Å². The second kappa shape index (κ2) is 6.15. The van der Waals surface area contributed by atoms with Crippen molar-refractivity contribution in [3.63, 3.8) is 0 Å². The van der Waals surface area contributed by atoms with Crippen LogP contribution in [-0.4, -0.2) is 25.2 Å². The van der Waals surface area contributed by atoms with Gasteiger partial charge in [0.2, 0.25) is 5.91 Å². The highest BCUT2D eigenvalue weighted by molar-refractivity contribution is 7.89. The molecule has 0 spiro atoms. The molecule has 1 amide bonds. The van der Waals surface area contributed by atoms with E-state index in [9.17, 15) is 13.2 Å². The molecule has 1 aliphatic heterocycles. The summed E-state index contributed by atoms with van der Waals surface area (Å²) < 4.78 is 26.2. The number of halogens is 2. The van der Waals surface area contributed by atoms with E-state index in [-0.39, 0.29) is 23.8 Å². The molecular weight excluding hydrogens is 357 g/mol. The first-order valence-corrected chi connectivity index (χ1v) is 9.14. The molecule has 7 heteroatoms. The van der Waals surface area contributed by atoms with Gasteiger partial charge >= 0.3 is 0 Å². The van der Waals surface area contributed by atoms with Gasteiger partial charge in [0, 0.05) is 28.9 Å². The van der Waals surface area contributed by atoms with Crippen LogP contribution < -0.4 is 0 Å². The fraction of sp³-hybridized carbons (Fsp3) is 0.188. The average Bonchev–Trinajstić information content (AvgIpc) is 2.91. The summed E-state index contributed by atoms with van der Waals surface area (Å²) in [4.78, 5) is 12.3. The van der Waals surface area contributed by atoms with Crippen molar-refractivity contribution < 1.29 is 13.2 Å². The number of amides is 1. The van der Waals surface area contributed by atoms with Gasteiger partial charge in [0.25, 0.3) is 10.0 Å². The van der Waals surface area contributed by atoms with Gasteiger partial charge in [-0.25, -0.2) is 12.7 Å². The van der Waals surface area contributed by atoms with Crippen molar-refractivity contribution in [3.8, 4) is 0 Å². The molecule has 23 heavy (non-hydrogen) atoms. The molecule has 1 atom stereocenters. The summed E-state index contributed by atoms with van der Waals surface area (Å²) in [5, 5.41) is 1.04. The molecule has 1 unspecified atom stereocenters. The summed E-state index contributed by atoms with van der Waals surface area (Å²) in [7, 11) is -3.85. The van der Waals surface area contributed by atoms with Crippen molar-refractivity contribution in [1.29, 1.82) is 0 Å². The lowest BCUT2D eigenvalue weighted by Crippen LogP contribution is -2.32. The number of benzene rings is 2. The van der Waals surface area contributed by atoms with Crippen LogP contribution in [0.4, 0.5) is 0 Å². The van der Waals surface area contributed by atoms with Crippen molar-refractivity contribution in [2.75, 3.05) is 6.54 Å². The van der Waals surface area contributed by atoms with Crippen molar-refractivity contribution in [3.05, 3.63) is 64.1 Å². The fourth-order valence-corrected chi connectivity index (χ4v) is 4.31. The molecule has 1 fully saturated rings. The quantitative estimate of drug-likeness (QED) is 0.828. The minimum absolute atomic E-state index is 0.0620. The number of sulfonamides is 1. The highest BCUT2D eigenvalue weighted by Crippen LogP contribution is 2.32. The fourth-order valence-electron chi connectivity index (χ4n) is 2.60. The first kappa shape index (κ1) is 16.3. The van der Waals surface area contributed by atoms with Crippen LogP contribution in [0.1, 0.15) is 17.9 Å². The molecule has 1 heterocycles. The summed E-state index contributed by atoms with van der Waals surface area (Å²) in [5.74, 6) is -0.568. The number of nitrogens with zero attached hydrogens (tertiary/aromatic N) is 1. The summed E-state index contributed by atoms with van der Waals surface area (Å²) >= 11 is 11.6. The highest BCUT2D eigenvalue weighted by atomic mass is 35.5. The van der Waals surface area contributed by atoms with Crippen LogP contribution in [0, 0.1) is 0 Å². The van der Waals surface area contributed by atoms with E-state index < -0.39 is 15.9 Å². The van der Waals surface area contributed by atoms with Gasteiger partial charge in [-0.2, -0.15) is 0 Å². The molecule has 0 bridgehead atoms. The number of hydrogen-bond acceptors (Lipinski definition) is 3. The van der Waals surface area contributed by atoms with E-state index in [0.717, 1.165) is 9.87 Å². The lowest BCUT2D eigenvalue weighted by atomic mass is 9.99. The zero-order valence-electron chi connectivity index (χ0n) is 11.9. The third-order valence-corrected chi connectivity index (χ3v) is 6.13. The molecular formula is C16H13Cl2NO3S. The summed E-state index contributed by atoms with van der Waals surface area (Å²) in [6.45, 7) is 0.130. The van der Waals surface area contributed by atoms with E-state index >= 15 is 0 Å². The van der Waals surface area contributed by atoms with Gasteiger partial charge in [0.05, 0.1) is 4.90 Å². The second-order valence-electron chi connectivity index (χ2n) is 5.34. The Bertz CT molecular complexity index is 833. The van der Waals surface area contributed by atoms with E-state index in [1.807, 2.05) is 12.1 Å². The van der Waals surface area contributed by atoms with Crippen LogP contribution in [0.25, 0.3) is 0 Å². The maximum atomic E-state index is 12.6. The van der Waals surface area contributed by atoms with Gasteiger partial charge in [-0.05, 0) is 42.0 Å². The van der Waals surface area contributed by atoms with Crippen LogP contribution in [0.15, 0.2) is 53.4 Å². The molecule has 1 aliphatic rings. The molecule has 0 aromatic heterocycles. The molecule has 1 saturated heterocycles. The Morgan fingerprint density at radius 1 is 0.913 bits per heavy atom. The Kier molecular flexibility index (Phi) is 4.36. The molecule has 4 nitrogen and oxygen atoms in total. The molecule has 2 aromatic carbocycles. The summed E-state index contributed by atoms with van der Waals surface area (Å²) in [6, 6.07) is 12.9. The van der Waals surface area contributed by atoms with Crippen LogP contribution in [-0.2, 0) is 14.8 Å². The molecule has 3 rings (SSSR count). The van der Waals surface area contributed by atoms with Gasteiger partial charge < -0.3 is 0 Å². The number of carbonyl (C=O) groups excluding carboxylic acids is 1. The van der Waals surface area contributed by atoms with Crippen LogP contribution in [0.5, 0.6) is 0 Å². The SMILES string of the molecule is O=C1CC(c2ccc(Cl)cc2)CN1S(=O)(=O)c1ccc(Cl)cc1. The Balaban J connectivity index is 1.87. The van der Waals surface area contributed by atoms with E-state index in [1.54, 1.807) is 12.1 Å². The topological polar surface area (TPSA) is 54.5 Å². The number of hydrogen-bond donors (Lipinski definition) is 0. The van der Waals surface area contributed by atoms with E-state index in [0.29, 0.717) is 10.0 Å². The zero-order chi connectivity index (χ0) is 16.6. The standard InChI is InChI=1S/C16H13Cl2NO3S/c17-13-3-1-11(2-4-13)12-9-16(20)19(10-12)23(21,22)15-7-5-14(18)6-8-15/h1-8,12H,9-10H2. The molecule has 2 aromatic rings. The molecule has 0 radical (unpaired) electrons. The summed E-state index contributed by atoms with van der Waals surface area (Å²) in [6.07, 6.45) is 0.161. The zero-order valence-corrected chi connectivity index (χ0v) is 14.3. The maximum absolute atomic E-state index is 12.6. The molecule has 120 valence electrons. The monoisotopic (exact) mass is 369 g/mol. The number of rotatable bonds is 3. The predicted octanol–water partition coefficient (Wildman–Crippen LogP) is 3.70. The first-order chi connectivity index (χ1) is 10.9. The van der Waals surface area contributed by atoms with Crippen LogP contribution in [0.2, 0.25) is 10.0 Å². The molecule has 0 saturated carbocycles. The van der Waals surface area contributed by atoms with Crippen LogP contribution >= 0.6 is 23.2 Å². The van der Waals surface area contributed by atoms with Gasteiger partial charge in [0.1, 0.15) is 0 Å². The number of carbonyl (C=O) groups is 1. The van der Waals surface area contributed by atoms with Crippen molar-refractivity contribution in [2.24, 2.45) is 0 Å². The van der Waals surface area contributed by atoms with Crippen molar-refractivity contribution in [1.82, 2.24) is 4.31 Å². The lowest BCUT2D eigenvalue weighted by Gasteiger charge is -2.17. The largest absolute Gasteiger partial charge is 0.274 e. The maximum Gasteiger partial charge on any atom is 0.266 e. The predicted molar refractivity (Wildman–Crippen MR) is 89.2 cm³/mol. The minimum Gasteiger partial charge on any atom is -0.274 e. The van der Waals surface area contributed by atoms with E-state index in [4.69, 9.17) is 23.2 Å². The molecule has 0 aliphatic carbocycles. The third-order valence-electron chi connectivity index (χ3n) is 3.83. The first-order valence-electron chi connectivity index (χ1n) is 6.94. The third kappa shape index (κ3) is 3.22. The average molecular weight is 370 g/mol. The van der Waals surface area contributed by atoms with E-state index in [2.05, 4.69) is 0 Å². The van der Waals surface area contributed by atoms with Crippen molar-refractivity contribution in [2.45, 2.75) is 17.2 Å². The Morgan fingerprint density at radius 2 is 1.43 bits per heavy atom. The highest BCUT2D eigenvalue weighted by Gasteiger charge is 2.38. The second-order valence-corrected chi connectivity index (χ2v) is 8.07. The Morgan fingerprint density at radius 3 is 2.00 bits per heavy atom. The van der Waals surface area contributed by atoms with Gasteiger partial charge in [-0.3, -0.25) is 4.79 Å². The van der Waals surface area contributed by atoms with Gasteiger partial charge in [-0.1, -0.05) is 35.3 Å². The summed E-state index contributed by atoms with van der Waals surface area (Å²) in [5.41, 5.74) is 0.900. The lowest BCUT2D eigenvalue weighted by molar-refractivity contribution is -0.123. The molecule has 0 N–H and O–H groups in total.